The topological polar surface area (TPSA) is 72.8 Å². The van der Waals surface area contributed by atoms with Crippen LogP contribution >= 0.6 is 0 Å². The number of hydrogen-bond donors (Lipinski definition) is 1. The van der Waals surface area contributed by atoms with Gasteiger partial charge in [-0.1, -0.05) is 50.9 Å². The number of carbonyl (C=O) groups excluding carboxylic acids is 2. The van der Waals surface area contributed by atoms with Gasteiger partial charge in [-0.15, -0.1) is 5.92 Å². The van der Waals surface area contributed by atoms with Crippen molar-refractivity contribution in [2.45, 2.75) is 102 Å². The highest BCUT2D eigenvalue weighted by Gasteiger charge is 2.02. The summed E-state index contributed by atoms with van der Waals surface area (Å²) in [5.74, 6) is 5.63. The Kier molecular flexibility index (Phi) is 18.1. The molecule has 0 fully saturated rings. The molecular formula is C22H38O5. The number of unbranched alkanes of at least 4 members (excludes halogenated alkanes) is 10. The maximum Gasteiger partial charge on any atom is 0.305 e. The average Bonchev–Trinajstić information content (AvgIpc) is 2.68. The molecule has 1 unspecified atom stereocenters. The van der Waals surface area contributed by atoms with Crippen molar-refractivity contribution in [1.82, 2.24) is 0 Å². The van der Waals surface area contributed by atoms with Crippen LogP contribution in [0.3, 0.4) is 0 Å². The third-order valence-corrected chi connectivity index (χ3v) is 4.52. The molecule has 0 radical (unpaired) electrons. The van der Waals surface area contributed by atoms with E-state index < -0.39 is 6.10 Å². The number of hydrogen-bond acceptors (Lipinski definition) is 5. The summed E-state index contributed by atoms with van der Waals surface area (Å²) in [5.41, 5.74) is 0. The molecule has 0 heterocycles. The fraction of sp³-hybridized carbons (Fsp3) is 0.818. The fourth-order valence-corrected chi connectivity index (χ4v) is 2.79. The summed E-state index contributed by atoms with van der Waals surface area (Å²) in [6, 6.07) is 0. The van der Waals surface area contributed by atoms with Gasteiger partial charge in [0.25, 0.3) is 0 Å². The number of aliphatic hydroxyl groups is 1. The number of rotatable bonds is 16. The predicted octanol–water partition coefficient (Wildman–Crippen LogP) is 4.55. The molecule has 0 rings (SSSR count). The van der Waals surface area contributed by atoms with Crippen LogP contribution in [0.4, 0.5) is 0 Å². The molecule has 0 bridgehead atoms. The minimum Gasteiger partial charge on any atom is -0.469 e. The summed E-state index contributed by atoms with van der Waals surface area (Å²) in [7, 11) is 2.82. The normalized spacial score (nSPS) is 11.4. The van der Waals surface area contributed by atoms with Crippen molar-refractivity contribution in [3.63, 3.8) is 0 Å². The molecular weight excluding hydrogens is 344 g/mol. The zero-order valence-corrected chi connectivity index (χ0v) is 17.3. The van der Waals surface area contributed by atoms with Crippen LogP contribution in [-0.2, 0) is 19.1 Å². The van der Waals surface area contributed by atoms with Gasteiger partial charge >= 0.3 is 11.9 Å². The molecule has 0 saturated carbocycles. The molecule has 1 N–H and O–H groups in total. The van der Waals surface area contributed by atoms with Crippen LogP contribution < -0.4 is 0 Å². The van der Waals surface area contributed by atoms with Gasteiger partial charge in [-0.3, -0.25) is 9.59 Å². The molecule has 0 saturated heterocycles. The maximum atomic E-state index is 11.0. The van der Waals surface area contributed by atoms with E-state index in [2.05, 4.69) is 21.3 Å². The second-order valence-electron chi connectivity index (χ2n) is 6.92. The SMILES string of the molecule is COC(=O)CCCCCCCCCCCC#CC(O)CCCCC(=O)OC. The lowest BCUT2D eigenvalue weighted by molar-refractivity contribution is -0.141. The van der Waals surface area contributed by atoms with Gasteiger partial charge in [0.15, 0.2) is 0 Å². The van der Waals surface area contributed by atoms with Crippen molar-refractivity contribution in [2.24, 2.45) is 0 Å². The number of aliphatic hydroxyl groups excluding tert-OH is 1. The van der Waals surface area contributed by atoms with Crippen molar-refractivity contribution in [1.29, 1.82) is 0 Å². The van der Waals surface area contributed by atoms with Crippen LogP contribution in [0.5, 0.6) is 0 Å². The summed E-state index contributed by atoms with van der Waals surface area (Å²) in [6.07, 6.45) is 13.8. The van der Waals surface area contributed by atoms with E-state index in [4.69, 9.17) is 0 Å². The molecule has 5 heteroatoms. The molecule has 0 spiro atoms. The number of ether oxygens (including phenoxy) is 2. The van der Waals surface area contributed by atoms with Crippen molar-refractivity contribution in [2.75, 3.05) is 14.2 Å². The van der Waals surface area contributed by atoms with E-state index >= 15 is 0 Å². The van der Waals surface area contributed by atoms with Crippen LogP contribution in [0.25, 0.3) is 0 Å². The van der Waals surface area contributed by atoms with Crippen LogP contribution in [-0.4, -0.2) is 37.4 Å². The highest BCUT2D eigenvalue weighted by molar-refractivity contribution is 5.69. The Bertz CT molecular complexity index is 436. The van der Waals surface area contributed by atoms with Gasteiger partial charge in [0.2, 0.25) is 0 Å². The van der Waals surface area contributed by atoms with Crippen LogP contribution in [0.1, 0.15) is 96.3 Å². The highest BCUT2D eigenvalue weighted by Crippen LogP contribution is 2.11. The first-order chi connectivity index (χ1) is 13.1. The van der Waals surface area contributed by atoms with Gasteiger partial charge < -0.3 is 14.6 Å². The molecule has 0 amide bonds. The Hall–Kier alpha value is -1.54. The van der Waals surface area contributed by atoms with Gasteiger partial charge in [-0.2, -0.15) is 0 Å². The quantitative estimate of drug-likeness (QED) is 0.241. The van der Waals surface area contributed by atoms with E-state index in [0.717, 1.165) is 38.5 Å². The molecule has 156 valence electrons. The molecule has 0 aromatic carbocycles. The third kappa shape index (κ3) is 19.0. The molecule has 0 aromatic heterocycles. The number of methoxy groups -OCH3 is 2. The van der Waals surface area contributed by atoms with Gasteiger partial charge in [0.05, 0.1) is 14.2 Å². The van der Waals surface area contributed by atoms with Crippen molar-refractivity contribution >= 4 is 11.9 Å². The summed E-state index contributed by atoms with van der Waals surface area (Å²) < 4.78 is 9.19. The lowest BCUT2D eigenvalue weighted by atomic mass is 10.1. The van der Waals surface area contributed by atoms with Crippen LogP contribution in [0.15, 0.2) is 0 Å². The lowest BCUT2D eigenvalue weighted by Crippen LogP contribution is -2.04. The van der Waals surface area contributed by atoms with Gasteiger partial charge in [-0.05, 0) is 32.1 Å². The number of carbonyl (C=O) groups is 2. The largest absolute Gasteiger partial charge is 0.469 e. The van der Waals surface area contributed by atoms with E-state index in [-0.39, 0.29) is 11.9 Å². The minimum absolute atomic E-state index is 0.107. The Balaban J connectivity index is 3.33. The number of esters is 2. The molecule has 0 aliphatic heterocycles. The fourth-order valence-electron chi connectivity index (χ4n) is 2.79. The van der Waals surface area contributed by atoms with Crippen molar-refractivity contribution in [3.05, 3.63) is 0 Å². The van der Waals surface area contributed by atoms with E-state index in [0.29, 0.717) is 19.3 Å². The molecule has 0 aliphatic rings. The minimum atomic E-state index is -0.582. The second kappa shape index (κ2) is 19.2. The van der Waals surface area contributed by atoms with Crippen molar-refractivity contribution < 1.29 is 24.2 Å². The zero-order valence-electron chi connectivity index (χ0n) is 17.3. The van der Waals surface area contributed by atoms with Gasteiger partial charge in [-0.25, -0.2) is 0 Å². The van der Waals surface area contributed by atoms with Crippen molar-refractivity contribution in [3.8, 4) is 11.8 Å². The Morgan fingerprint density at radius 1 is 0.741 bits per heavy atom. The molecule has 5 nitrogen and oxygen atoms in total. The molecule has 0 aliphatic carbocycles. The van der Waals surface area contributed by atoms with Crippen LogP contribution in [0, 0.1) is 11.8 Å². The lowest BCUT2D eigenvalue weighted by Gasteiger charge is -2.03. The smallest absolute Gasteiger partial charge is 0.305 e. The monoisotopic (exact) mass is 382 g/mol. The summed E-state index contributed by atoms with van der Waals surface area (Å²) in [6.45, 7) is 0. The molecule has 27 heavy (non-hydrogen) atoms. The Morgan fingerprint density at radius 2 is 1.19 bits per heavy atom. The predicted molar refractivity (Wildman–Crippen MR) is 107 cm³/mol. The summed E-state index contributed by atoms with van der Waals surface area (Å²) >= 11 is 0. The first-order valence-electron chi connectivity index (χ1n) is 10.4. The second-order valence-corrected chi connectivity index (χ2v) is 6.92. The van der Waals surface area contributed by atoms with Crippen LogP contribution in [0.2, 0.25) is 0 Å². The van der Waals surface area contributed by atoms with E-state index in [1.54, 1.807) is 0 Å². The summed E-state index contributed by atoms with van der Waals surface area (Å²) in [5, 5.41) is 9.76. The average molecular weight is 383 g/mol. The first kappa shape index (κ1) is 25.5. The van der Waals surface area contributed by atoms with E-state index in [1.165, 1.54) is 52.7 Å². The standard InChI is InChI=1S/C22H38O5/c1-26-21(24)18-13-11-9-7-5-3-4-6-8-10-12-16-20(23)17-14-15-19-22(25)27-2/h20,23H,3-11,13-15,17-19H2,1-2H3. The third-order valence-electron chi connectivity index (χ3n) is 4.52. The molecule has 0 aromatic rings. The Morgan fingerprint density at radius 3 is 1.70 bits per heavy atom. The van der Waals surface area contributed by atoms with E-state index in [1.807, 2.05) is 0 Å². The van der Waals surface area contributed by atoms with Gasteiger partial charge in [0, 0.05) is 19.3 Å². The van der Waals surface area contributed by atoms with E-state index in [9.17, 15) is 14.7 Å². The molecule has 1 atom stereocenters. The maximum absolute atomic E-state index is 11.0. The Labute approximate surface area is 165 Å². The zero-order chi connectivity index (χ0) is 20.2. The van der Waals surface area contributed by atoms with Gasteiger partial charge in [0.1, 0.15) is 6.10 Å². The first-order valence-corrected chi connectivity index (χ1v) is 10.4. The summed E-state index contributed by atoms with van der Waals surface area (Å²) in [4.78, 5) is 21.9. The highest BCUT2D eigenvalue weighted by atomic mass is 16.5.